The zero-order valence-electron chi connectivity index (χ0n) is 16.5. The van der Waals surface area contributed by atoms with Gasteiger partial charge in [0.25, 0.3) is 0 Å². The van der Waals surface area contributed by atoms with Gasteiger partial charge in [-0.2, -0.15) is 0 Å². The largest absolute Gasteiger partial charge is 0.496 e. The number of nitrogens with one attached hydrogen (secondary N) is 3. The van der Waals surface area contributed by atoms with Crippen molar-refractivity contribution in [2.24, 2.45) is 4.99 Å². The van der Waals surface area contributed by atoms with Crippen molar-refractivity contribution in [3.05, 3.63) is 59.7 Å². The molecule has 2 aromatic rings. The number of benzene rings is 2. The first-order valence-corrected chi connectivity index (χ1v) is 10.6. The molecular formula is C20H28N4O3S. The van der Waals surface area contributed by atoms with E-state index >= 15 is 0 Å². The van der Waals surface area contributed by atoms with Crippen LogP contribution in [0.4, 0.5) is 0 Å². The van der Waals surface area contributed by atoms with Crippen molar-refractivity contribution in [2.45, 2.75) is 18.2 Å². The van der Waals surface area contributed by atoms with E-state index in [1.54, 1.807) is 44.5 Å². The summed E-state index contributed by atoms with van der Waals surface area (Å²) in [6.45, 7) is 3.39. The lowest BCUT2D eigenvalue weighted by Crippen LogP contribution is -2.42. The van der Waals surface area contributed by atoms with Crippen LogP contribution in [0.2, 0.25) is 0 Å². The zero-order valence-corrected chi connectivity index (χ0v) is 17.3. The highest BCUT2D eigenvalue weighted by Gasteiger charge is 2.12. The summed E-state index contributed by atoms with van der Waals surface area (Å²) in [5.41, 5.74) is 2.27. The minimum Gasteiger partial charge on any atom is -0.496 e. The summed E-state index contributed by atoms with van der Waals surface area (Å²) in [6.07, 6.45) is 0.817. The summed E-state index contributed by atoms with van der Waals surface area (Å²) < 4.78 is 32.2. The molecule has 0 aliphatic carbocycles. The molecule has 2 aromatic carbocycles. The van der Waals surface area contributed by atoms with Gasteiger partial charge in [0, 0.05) is 26.7 Å². The number of hydrogen-bond acceptors (Lipinski definition) is 4. The second-order valence-corrected chi connectivity index (χ2v) is 7.96. The van der Waals surface area contributed by atoms with E-state index < -0.39 is 10.0 Å². The second-order valence-electron chi connectivity index (χ2n) is 6.19. The molecule has 0 aromatic heterocycles. The Morgan fingerprint density at radius 2 is 1.75 bits per heavy atom. The molecular weight excluding hydrogens is 376 g/mol. The van der Waals surface area contributed by atoms with Crippen LogP contribution >= 0.6 is 0 Å². The van der Waals surface area contributed by atoms with Crippen molar-refractivity contribution in [1.82, 2.24) is 15.4 Å². The van der Waals surface area contributed by atoms with Gasteiger partial charge in [0.15, 0.2) is 5.96 Å². The molecule has 0 atom stereocenters. The maximum atomic E-state index is 12.2. The molecule has 0 bridgehead atoms. The SMILES string of the molecule is CN=C(NCCNS(=O)(=O)c1ccccc1)NCCc1ccc(C)c(OC)c1. The summed E-state index contributed by atoms with van der Waals surface area (Å²) in [4.78, 5) is 4.41. The maximum absolute atomic E-state index is 12.2. The third kappa shape index (κ3) is 6.54. The van der Waals surface area contributed by atoms with E-state index in [0.29, 0.717) is 19.0 Å². The molecule has 8 heteroatoms. The first-order chi connectivity index (χ1) is 13.5. The average Bonchev–Trinajstić information content (AvgIpc) is 2.71. The van der Waals surface area contributed by atoms with Gasteiger partial charge in [0.2, 0.25) is 10.0 Å². The van der Waals surface area contributed by atoms with Crippen LogP contribution in [-0.2, 0) is 16.4 Å². The van der Waals surface area contributed by atoms with Crippen molar-refractivity contribution in [3.63, 3.8) is 0 Å². The van der Waals surface area contributed by atoms with Crippen LogP contribution in [0.1, 0.15) is 11.1 Å². The quantitative estimate of drug-likeness (QED) is 0.336. The lowest BCUT2D eigenvalue weighted by molar-refractivity contribution is 0.411. The van der Waals surface area contributed by atoms with Crippen LogP contribution in [0.25, 0.3) is 0 Å². The second kappa shape index (κ2) is 10.7. The van der Waals surface area contributed by atoms with Crippen LogP contribution < -0.4 is 20.1 Å². The highest BCUT2D eigenvalue weighted by molar-refractivity contribution is 7.89. The normalized spacial score (nSPS) is 11.9. The van der Waals surface area contributed by atoms with Crippen molar-refractivity contribution >= 4 is 16.0 Å². The van der Waals surface area contributed by atoms with Gasteiger partial charge in [-0.1, -0.05) is 30.3 Å². The monoisotopic (exact) mass is 404 g/mol. The number of sulfonamides is 1. The number of rotatable bonds is 9. The summed E-state index contributed by atoms with van der Waals surface area (Å²) in [7, 11) is -0.142. The molecule has 152 valence electrons. The van der Waals surface area contributed by atoms with Crippen molar-refractivity contribution < 1.29 is 13.2 Å². The number of aliphatic imine (C=N–C) groups is 1. The summed E-state index contributed by atoms with van der Waals surface area (Å²) in [6, 6.07) is 14.5. The van der Waals surface area contributed by atoms with Gasteiger partial charge in [-0.3, -0.25) is 4.99 Å². The van der Waals surface area contributed by atoms with E-state index in [-0.39, 0.29) is 11.4 Å². The lowest BCUT2D eigenvalue weighted by Gasteiger charge is -2.13. The van der Waals surface area contributed by atoms with Crippen LogP contribution in [0.3, 0.4) is 0 Å². The minimum absolute atomic E-state index is 0.256. The van der Waals surface area contributed by atoms with Crippen LogP contribution in [0, 0.1) is 6.92 Å². The van der Waals surface area contributed by atoms with Crippen molar-refractivity contribution in [2.75, 3.05) is 33.8 Å². The first-order valence-electron chi connectivity index (χ1n) is 9.09. The predicted octanol–water partition coefficient (Wildman–Crippen LogP) is 1.69. The molecule has 2 rings (SSSR count). The van der Waals surface area contributed by atoms with Gasteiger partial charge in [-0.25, -0.2) is 13.1 Å². The van der Waals surface area contributed by atoms with Gasteiger partial charge >= 0.3 is 0 Å². The topological polar surface area (TPSA) is 91.8 Å². The number of guanidine groups is 1. The molecule has 0 saturated heterocycles. The van der Waals surface area contributed by atoms with E-state index in [1.807, 2.05) is 19.1 Å². The highest BCUT2D eigenvalue weighted by Crippen LogP contribution is 2.18. The van der Waals surface area contributed by atoms with Crippen molar-refractivity contribution in [1.29, 1.82) is 0 Å². The number of nitrogens with zero attached hydrogens (tertiary/aromatic N) is 1. The number of methoxy groups -OCH3 is 1. The lowest BCUT2D eigenvalue weighted by atomic mass is 10.1. The van der Waals surface area contributed by atoms with Crippen LogP contribution in [0.5, 0.6) is 5.75 Å². The Labute approximate surface area is 167 Å². The molecule has 0 heterocycles. The molecule has 0 unspecified atom stereocenters. The standard InChI is InChI=1S/C20H28N4O3S/c1-16-9-10-17(15-19(16)27-3)11-12-22-20(21-2)23-13-14-24-28(25,26)18-7-5-4-6-8-18/h4-10,15,24H,11-14H2,1-3H3,(H2,21,22,23). The van der Waals surface area contributed by atoms with Crippen LogP contribution in [-0.4, -0.2) is 48.2 Å². The average molecular weight is 405 g/mol. The van der Waals surface area contributed by atoms with Gasteiger partial charge in [0.1, 0.15) is 5.75 Å². The Morgan fingerprint density at radius 3 is 2.43 bits per heavy atom. The van der Waals surface area contributed by atoms with Crippen molar-refractivity contribution in [3.8, 4) is 5.75 Å². The van der Waals surface area contributed by atoms with E-state index in [9.17, 15) is 8.42 Å². The predicted molar refractivity (Wildman–Crippen MR) is 112 cm³/mol. The van der Waals surface area contributed by atoms with Gasteiger partial charge in [-0.15, -0.1) is 0 Å². The fourth-order valence-electron chi connectivity index (χ4n) is 2.62. The molecule has 28 heavy (non-hydrogen) atoms. The van der Waals surface area contributed by atoms with Gasteiger partial charge in [0.05, 0.1) is 12.0 Å². The molecule has 0 spiro atoms. The van der Waals surface area contributed by atoms with E-state index in [2.05, 4.69) is 26.4 Å². The fraction of sp³-hybridized carbons (Fsp3) is 0.350. The van der Waals surface area contributed by atoms with E-state index in [1.165, 1.54) is 5.56 Å². The van der Waals surface area contributed by atoms with Gasteiger partial charge < -0.3 is 15.4 Å². The Morgan fingerprint density at radius 1 is 1.04 bits per heavy atom. The number of ether oxygens (including phenoxy) is 1. The maximum Gasteiger partial charge on any atom is 0.240 e. The molecule has 0 fully saturated rings. The third-order valence-corrected chi connectivity index (χ3v) is 5.64. The summed E-state index contributed by atoms with van der Waals surface area (Å²) in [5.74, 6) is 1.50. The molecule has 0 aliphatic heterocycles. The highest BCUT2D eigenvalue weighted by atomic mass is 32.2. The summed E-state index contributed by atoms with van der Waals surface area (Å²) in [5, 5.41) is 6.32. The molecule has 0 radical (unpaired) electrons. The Kier molecular flexibility index (Phi) is 8.28. The zero-order chi connectivity index (χ0) is 20.4. The Balaban J connectivity index is 1.73. The minimum atomic E-state index is -3.49. The number of aryl methyl sites for hydroxylation is 1. The van der Waals surface area contributed by atoms with E-state index in [4.69, 9.17) is 4.74 Å². The smallest absolute Gasteiger partial charge is 0.240 e. The van der Waals surface area contributed by atoms with Crippen LogP contribution in [0.15, 0.2) is 58.4 Å². The fourth-order valence-corrected chi connectivity index (χ4v) is 3.67. The Hall–Kier alpha value is -2.58. The number of hydrogen-bond donors (Lipinski definition) is 3. The Bertz CT molecular complexity index is 884. The first kappa shape index (κ1) is 21.7. The molecule has 0 saturated carbocycles. The molecule has 7 nitrogen and oxygen atoms in total. The third-order valence-electron chi connectivity index (χ3n) is 4.17. The van der Waals surface area contributed by atoms with Gasteiger partial charge in [-0.05, 0) is 42.7 Å². The van der Waals surface area contributed by atoms with E-state index in [0.717, 1.165) is 17.7 Å². The molecule has 0 amide bonds. The molecule has 0 aliphatic rings. The summed E-state index contributed by atoms with van der Waals surface area (Å²) >= 11 is 0. The molecule has 3 N–H and O–H groups in total.